The third-order valence-electron chi connectivity index (χ3n) is 2.94. The molecule has 0 spiro atoms. The molecular weight excluding hydrogens is 270 g/mol. The van der Waals surface area contributed by atoms with E-state index in [2.05, 4.69) is 15.3 Å². The molecule has 0 fully saturated rings. The van der Waals surface area contributed by atoms with Gasteiger partial charge in [-0.25, -0.2) is 9.78 Å². The second-order valence-electron chi connectivity index (χ2n) is 4.46. The first-order valence-corrected chi connectivity index (χ1v) is 6.47. The molecule has 2 aromatic heterocycles. The Morgan fingerprint density at radius 3 is 2.67 bits per heavy atom. The van der Waals surface area contributed by atoms with Crippen LogP contribution in [0.4, 0.5) is 0 Å². The van der Waals surface area contributed by atoms with E-state index >= 15 is 0 Å². The molecule has 1 amide bonds. The van der Waals surface area contributed by atoms with Crippen molar-refractivity contribution in [3.05, 3.63) is 59.2 Å². The van der Waals surface area contributed by atoms with E-state index in [1.807, 2.05) is 18.2 Å². The van der Waals surface area contributed by atoms with Crippen LogP contribution >= 0.6 is 0 Å². The molecule has 2 heterocycles. The van der Waals surface area contributed by atoms with E-state index in [-0.39, 0.29) is 17.2 Å². The van der Waals surface area contributed by atoms with Crippen molar-refractivity contribution in [3.8, 4) is 0 Å². The maximum atomic E-state index is 11.9. The number of carboxylic acid groups (broad SMARTS) is 1. The van der Waals surface area contributed by atoms with Gasteiger partial charge in [0.15, 0.2) is 0 Å². The topological polar surface area (TPSA) is 92.2 Å². The Morgan fingerprint density at radius 2 is 2.05 bits per heavy atom. The number of nitrogens with zero attached hydrogens (tertiary/aromatic N) is 2. The SMILES string of the molecule is Cc1nc(C(=O)NCCc2ccccn2)ccc1C(=O)O. The lowest BCUT2D eigenvalue weighted by atomic mass is 10.2. The first kappa shape index (κ1) is 14.6. The number of pyridine rings is 2. The highest BCUT2D eigenvalue weighted by molar-refractivity contribution is 5.94. The van der Waals surface area contributed by atoms with Gasteiger partial charge < -0.3 is 10.4 Å². The van der Waals surface area contributed by atoms with Crippen molar-refractivity contribution in [3.63, 3.8) is 0 Å². The Kier molecular flexibility index (Phi) is 4.61. The van der Waals surface area contributed by atoms with Gasteiger partial charge >= 0.3 is 5.97 Å². The number of aryl methyl sites for hydroxylation is 1. The van der Waals surface area contributed by atoms with E-state index in [1.54, 1.807) is 13.1 Å². The summed E-state index contributed by atoms with van der Waals surface area (Å²) >= 11 is 0. The number of carbonyl (C=O) groups excluding carboxylic acids is 1. The number of hydrogen-bond acceptors (Lipinski definition) is 4. The molecule has 0 aromatic carbocycles. The monoisotopic (exact) mass is 285 g/mol. The molecule has 0 unspecified atom stereocenters. The number of rotatable bonds is 5. The van der Waals surface area contributed by atoms with Gasteiger partial charge in [-0.15, -0.1) is 0 Å². The van der Waals surface area contributed by atoms with Crippen LogP contribution < -0.4 is 5.32 Å². The largest absolute Gasteiger partial charge is 0.478 e. The van der Waals surface area contributed by atoms with Crippen LogP contribution in [0.25, 0.3) is 0 Å². The van der Waals surface area contributed by atoms with Crippen LogP contribution in [0.3, 0.4) is 0 Å². The van der Waals surface area contributed by atoms with Crippen molar-refractivity contribution in [1.29, 1.82) is 0 Å². The van der Waals surface area contributed by atoms with Gasteiger partial charge in [-0.1, -0.05) is 6.07 Å². The van der Waals surface area contributed by atoms with Crippen LogP contribution in [-0.2, 0) is 6.42 Å². The third kappa shape index (κ3) is 3.85. The first-order chi connectivity index (χ1) is 10.1. The van der Waals surface area contributed by atoms with Crippen molar-refractivity contribution in [2.45, 2.75) is 13.3 Å². The zero-order chi connectivity index (χ0) is 15.2. The molecule has 0 aliphatic rings. The standard InChI is InChI=1S/C15H15N3O3/c1-10-12(15(20)21)5-6-13(18-10)14(19)17-9-7-11-4-2-3-8-16-11/h2-6,8H,7,9H2,1H3,(H,17,19)(H,20,21). The maximum absolute atomic E-state index is 11.9. The van der Waals surface area contributed by atoms with Crippen LogP contribution in [0.15, 0.2) is 36.5 Å². The van der Waals surface area contributed by atoms with Gasteiger partial charge in [0.25, 0.3) is 5.91 Å². The number of amides is 1. The molecule has 0 atom stereocenters. The first-order valence-electron chi connectivity index (χ1n) is 6.47. The Labute approximate surface area is 121 Å². The molecule has 21 heavy (non-hydrogen) atoms. The van der Waals surface area contributed by atoms with Gasteiger partial charge in [-0.3, -0.25) is 9.78 Å². The average Bonchev–Trinajstić information content (AvgIpc) is 2.47. The van der Waals surface area contributed by atoms with E-state index in [9.17, 15) is 9.59 Å². The van der Waals surface area contributed by atoms with E-state index in [4.69, 9.17) is 5.11 Å². The number of aromatic nitrogens is 2. The molecule has 6 nitrogen and oxygen atoms in total. The highest BCUT2D eigenvalue weighted by Crippen LogP contribution is 2.07. The van der Waals surface area contributed by atoms with Gasteiger partial charge in [0.05, 0.1) is 11.3 Å². The molecular formula is C15H15N3O3. The van der Waals surface area contributed by atoms with E-state index < -0.39 is 5.97 Å². The summed E-state index contributed by atoms with van der Waals surface area (Å²) in [4.78, 5) is 31.0. The van der Waals surface area contributed by atoms with Crippen molar-refractivity contribution >= 4 is 11.9 Å². The smallest absolute Gasteiger partial charge is 0.337 e. The minimum absolute atomic E-state index is 0.0973. The predicted molar refractivity (Wildman–Crippen MR) is 76.2 cm³/mol. The van der Waals surface area contributed by atoms with E-state index in [0.29, 0.717) is 18.7 Å². The van der Waals surface area contributed by atoms with Crippen LogP contribution in [0.1, 0.15) is 32.2 Å². The second kappa shape index (κ2) is 6.60. The highest BCUT2D eigenvalue weighted by Gasteiger charge is 2.12. The number of carboxylic acids is 1. The van der Waals surface area contributed by atoms with Gasteiger partial charge in [0.2, 0.25) is 0 Å². The molecule has 0 aliphatic carbocycles. The summed E-state index contributed by atoms with van der Waals surface area (Å²) in [6.45, 7) is 2.01. The number of nitrogens with one attached hydrogen (secondary N) is 1. The van der Waals surface area contributed by atoms with E-state index in [1.165, 1.54) is 12.1 Å². The summed E-state index contributed by atoms with van der Waals surface area (Å²) in [5, 5.41) is 11.6. The van der Waals surface area contributed by atoms with Crippen LogP contribution in [0.2, 0.25) is 0 Å². The second-order valence-corrected chi connectivity index (χ2v) is 4.46. The van der Waals surface area contributed by atoms with E-state index in [0.717, 1.165) is 5.69 Å². The van der Waals surface area contributed by atoms with Crippen LogP contribution in [-0.4, -0.2) is 33.5 Å². The molecule has 0 saturated heterocycles. The fraction of sp³-hybridized carbons (Fsp3) is 0.200. The summed E-state index contributed by atoms with van der Waals surface area (Å²) in [5.41, 5.74) is 1.52. The molecule has 0 bridgehead atoms. The van der Waals surface area contributed by atoms with Gasteiger partial charge in [-0.05, 0) is 31.2 Å². The fourth-order valence-electron chi connectivity index (χ4n) is 1.85. The normalized spacial score (nSPS) is 10.1. The van der Waals surface area contributed by atoms with Crippen molar-refractivity contribution in [1.82, 2.24) is 15.3 Å². The van der Waals surface area contributed by atoms with Crippen molar-refractivity contribution < 1.29 is 14.7 Å². The van der Waals surface area contributed by atoms with Crippen LogP contribution in [0.5, 0.6) is 0 Å². The summed E-state index contributed by atoms with van der Waals surface area (Å²) in [7, 11) is 0. The van der Waals surface area contributed by atoms with Gasteiger partial charge in [-0.2, -0.15) is 0 Å². The van der Waals surface area contributed by atoms with Crippen molar-refractivity contribution in [2.75, 3.05) is 6.54 Å². The van der Waals surface area contributed by atoms with Crippen LogP contribution in [0, 0.1) is 6.92 Å². The zero-order valence-corrected chi connectivity index (χ0v) is 11.5. The van der Waals surface area contributed by atoms with Crippen molar-refractivity contribution in [2.24, 2.45) is 0 Å². The molecule has 0 aliphatic heterocycles. The molecule has 0 radical (unpaired) electrons. The lowest BCUT2D eigenvalue weighted by molar-refractivity contribution is 0.0694. The quantitative estimate of drug-likeness (QED) is 0.867. The number of hydrogen-bond donors (Lipinski definition) is 2. The van der Waals surface area contributed by atoms with Gasteiger partial charge in [0.1, 0.15) is 5.69 Å². The summed E-state index contributed by atoms with van der Waals surface area (Å²) in [5.74, 6) is -1.38. The lowest BCUT2D eigenvalue weighted by Crippen LogP contribution is -2.27. The molecule has 2 N–H and O–H groups in total. The number of carbonyl (C=O) groups is 2. The predicted octanol–water partition coefficient (Wildman–Crippen LogP) is 1.46. The zero-order valence-electron chi connectivity index (χ0n) is 11.5. The lowest BCUT2D eigenvalue weighted by Gasteiger charge is -2.06. The number of aromatic carboxylic acids is 1. The summed E-state index contributed by atoms with van der Waals surface area (Å²) in [6.07, 6.45) is 2.32. The highest BCUT2D eigenvalue weighted by atomic mass is 16.4. The fourth-order valence-corrected chi connectivity index (χ4v) is 1.85. The molecule has 0 saturated carbocycles. The minimum Gasteiger partial charge on any atom is -0.478 e. The third-order valence-corrected chi connectivity index (χ3v) is 2.94. The average molecular weight is 285 g/mol. The maximum Gasteiger partial charge on any atom is 0.337 e. The van der Waals surface area contributed by atoms with Gasteiger partial charge in [0, 0.05) is 24.9 Å². The summed E-state index contributed by atoms with van der Waals surface area (Å²) in [6, 6.07) is 8.40. The molecule has 2 rings (SSSR count). The Morgan fingerprint density at radius 1 is 1.24 bits per heavy atom. The Bertz CT molecular complexity index is 656. The Balaban J connectivity index is 1.94. The molecule has 6 heteroatoms. The Hall–Kier alpha value is -2.76. The summed E-state index contributed by atoms with van der Waals surface area (Å²) < 4.78 is 0. The minimum atomic E-state index is -1.05. The molecule has 2 aromatic rings. The molecule has 108 valence electrons.